The number of alkyl halides is 3. The molecule has 5 nitrogen and oxygen atoms in total. The Labute approximate surface area is 133 Å². The standard InChI is InChI=1S/C14H11ClF3N5/c1-6-3-9(15)13(20-5-6)23-11(19)10-8(14(16,17)18)4-7(2)21-12(10)22-23/h3-5H,19H2,1-2H3. The first-order valence-corrected chi connectivity index (χ1v) is 6.92. The highest BCUT2D eigenvalue weighted by Crippen LogP contribution is 2.38. The van der Waals surface area contributed by atoms with Crippen LogP contribution < -0.4 is 5.73 Å². The zero-order valence-electron chi connectivity index (χ0n) is 12.1. The SMILES string of the molecule is Cc1cnc(-n2nc3nc(C)cc(C(F)(F)F)c3c2N)c(Cl)c1. The predicted molar refractivity (Wildman–Crippen MR) is 80.6 cm³/mol. The largest absolute Gasteiger partial charge is 0.417 e. The average Bonchev–Trinajstić information content (AvgIpc) is 2.74. The Morgan fingerprint density at radius 3 is 2.52 bits per heavy atom. The fourth-order valence-electron chi connectivity index (χ4n) is 2.30. The molecular formula is C14H11ClF3N5. The Bertz CT molecular complexity index is 917. The molecule has 0 aliphatic heterocycles. The second kappa shape index (κ2) is 5.09. The van der Waals surface area contributed by atoms with Gasteiger partial charge in [0.1, 0.15) is 5.82 Å². The van der Waals surface area contributed by atoms with Gasteiger partial charge in [-0.2, -0.15) is 17.9 Å². The van der Waals surface area contributed by atoms with E-state index < -0.39 is 11.7 Å². The van der Waals surface area contributed by atoms with Gasteiger partial charge in [0, 0.05) is 11.9 Å². The fraction of sp³-hybridized carbons (Fsp3) is 0.214. The molecule has 0 aliphatic carbocycles. The van der Waals surface area contributed by atoms with Crippen molar-refractivity contribution in [3.05, 3.63) is 40.2 Å². The van der Waals surface area contributed by atoms with Crippen LogP contribution in [0.15, 0.2) is 18.3 Å². The Morgan fingerprint density at radius 2 is 1.91 bits per heavy atom. The molecule has 0 bridgehead atoms. The number of fused-ring (bicyclic) bond motifs is 1. The molecule has 0 amide bonds. The smallest absolute Gasteiger partial charge is 0.383 e. The number of halogens is 4. The van der Waals surface area contributed by atoms with Crippen molar-refractivity contribution < 1.29 is 13.2 Å². The first-order chi connectivity index (χ1) is 10.7. The monoisotopic (exact) mass is 341 g/mol. The van der Waals surface area contributed by atoms with Gasteiger partial charge in [0.2, 0.25) is 0 Å². The van der Waals surface area contributed by atoms with Crippen molar-refractivity contribution in [2.24, 2.45) is 0 Å². The molecule has 3 aromatic heterocycles. The van der Waals surface area contributed by atoms with E-state index >= 15 is 0 Å². The molecule has 0 aliphatic rings. The van der Waals surface area contributed by atoms with Crippen molar-refractivity contribution >= 4 is 28.5 Å². The molecule has 0 radical (unpaired) electrons. The molecule has 0 fully saturated rings. The van der Waals surface area contributed by atoms with Gasteiger partial charge in [0.15, 0.2) is 11.5 Å². The van der Waals surface area contributed by atoms with Crippen LogP contribution in [0, 0.1) is 13.8 Å². The van der Waals surface area contributed by atoms with Gasteiger partial charge in [-0.25, -0.2) is 9.97 Å². The minimum absolute atomic E-state index is 0.103. The molecule has 120 valence electrons. The molecule has 0 aromatic carbocycles. The Morgan fingerprint density at radius 1 is 1.22 bits per heavy atom. The number of rotatable bonds is 1. The quantitative estimate of drug-likeness (QED) is 0.733. The second-order valence-electron chi connectivity index (χ2n) is 5.12. The number of nitrogens with two attached hydrogens (primary N) is 1. The third-order valence-corrected chi connectivity index (χ3v) is 3.55. The summed E-state index contributed by atoms with van der Waals surface area (Å²) in [7, 11) is 0. The van der Waals surface area contributed by atoms with E-state index in [0.717, 1.165) is 16.3 Å². The highest BCUT2D eigenvalue weighted by Gasteiger charge is 2.35. The molecule has 3 heterocycles. The minimum Gasteiger partial charge on any atom is -0.383 e. The lowest BCUT2D eigenvalue weighted by atomic mass is 10.1. The van der Waals surface area contributed by atoms with E-state index in [4.69, 9.17) is 17.3 Å². The highest BCUT2D eigenvalue weighted by molar-refractivity contribution is 6.32. The van der Waals surface area contributed by atoms with E-state index in [1.54, 1.807) is 13.0 Å². The molecule has 0 unspecified atom stereocenters. The van der Waals surface area contributed by atoms with Crippen LogP contribution in [0.4, 0.5) is 19.0 Å². The average molecular weight is 342 g/mol. The number of aromatic nitrogens is 4. The topological polar surface area (TPSA) is 69.6 Å². The molecule has 0 saturated carbocycles. The Hall–Kier alpha value is -2.35. The summed E-state index contributed by atoms with van der Waals surface area (Å²) in [5.41, 5.74) is 5.90. The number of hydrogen-bond acceptors (Lipinski definition) is 4. The maximum absolute atomic E-state index is 13.3. The summed E-state index contributed by atoms with van der Waals surface area (Å²) in [5.74, 6) is -0.0587. The number of anilines is 1. The van der Waals surface area contributed by atoms with Crippen LogP contribution in [0.3, 0.4) is 0 Å². The summed E-state index contributed by atoms with van der Waals surface area (Å²) in [6.07, 6.45) is -3.05. The van der Waals surface area contributed by atoms with Crippen molar-refractivity contribution in [1.29, 1.82) is 0 Å². The highest BCUT2D eigenvalue weighted by atomic mass is 35.5. The number of hydrogen-bond donors (Lipinski definition) is 1. The van der Waals surface area contributed by atoms with Crippen LogP contribution >= 0.6 is 11.6 Å². The fourth-order valence-corrected chi connectivity index (χ4v) is 2.60. The molecule has 9 heteroatoms. The van der Waals surface area contributed by atoms with E-state index in [1.807, 2.05) is 0 Å². The molecular weight excluding hydrogens is 331 g/mol. The van der Waals surface area contributed by atoms with E-state index in [9.17, 15) is 13.2 Å². The maximum Gasteiger partial charge on any atom is 0.417 e. The van der Waals surface area contributed by atoms with Gasteiger partial charge in [0.05, 0.1) is 16.0 Å². The minimum atomic E-state index is -4.57. The normalized spacial score (nSPS) is 12.1. The van der Waals surface area contributed by atoms with E-state index in [1.165, 1.54) is 13.1 Å². The van der Waals surface area contributed by atoms with Crippen molar-refractivity contribution in [2.75, 3.05) is 5.73 Å². The van der Waals surface area contributed by atoms with Gasteiger partial charge in [0.25, 0.3) is 0 Å². The van der Waals surface area contributed by atoms with E-state index in [2.05, 4.69) is 15.1 Å². The maximum atomic E-state index is 13.3. The van der Waals surface area contributed by atoms with Crippen LogP contribution in [0.5, 0.6) is 0 Å². The summed E-state index contributed by atoms with van der Waals surface area (Å²) in [6.45, 7) is 3.25. The first-order valence-electron chi connectivity index (χ1n) is 6.54. The molecule has 0 spiro atoms. The summed E-state index contributed by atoms with van der Waals surface area (Å²) in [4.78, 5) is 8.12. The lowest BCUT2D eigenvalue weighted by molar-refractivity contribution is -0.136. The zero-order valence-corrected chi connectivity index (χ0v) is 12.9. The van der Waals surface area contributed by atoms with Crippen LogP contribution in [-0.2, 0) is 6.18 Å². The molecule has 23 heavy (non-hydrogen) atoms. The van der Waals surface area contributed by atoms with Crippen LogP contribution in [0.1, 0.15) is 16.8 Å². The third kappa shape index (κ3) is 2.59. The van der Waals surface area contributed by atoms with E-state index in [0.29, 0.717) is 0 Å². The van der Waals surface area contributed by atoms with Crippen molar-refractivity contribution in [1.82, 2.24) is 19.7 Å². The summed E-state index contributed by atoms with van der Waals surface area (Å²) in [6, 6.07) is 2.56. The van der Waals surface area contributed by atoms with Gasteiger partial charge >= 0.3 is 6.18 Å². The lowest BCUT2D eigenvalue weighted by Gasteiger charge is -2.09. The van der Waals surface area contributed by atoms with Crippen LogP contribution in [-0.4, -0.2) is 19.7 Å². The van der Waals surface area contributed by atoms with Gasteiger partial charge in [-0.05, 0) is 31.5 Å². The van der Waals surface area contributed by atoms with Gasteiger partial charge in [-0.3, -0.25) is 0 Å². The molecule has 2 N–H and O–H groups in total. The summed E-state index contributed by atoms with van der Waals surface area (Å²) >= 11 is 6.10. The summed E-state index contributed by atoms with van der Waals surface area (Å²) in [5, 5.41) is 4.01. The number of nitrogens with zero attached hydrogens (tertiary/aromatic N) is 4. The Kier molecular flexibility index (Phi) is 3.44. The second-order valence-corrected chi connectivity index (χ2v) is 5.53. The molecule has 0 saturated heterocycles. The third-order valence-electron chi connectivity index (χ3n) is 3.27. The van der Waals surface area contributed by atoms with Crippen molar-refractivity contribution in [3.63, 3.8) is 0 Å². The molecule has 3 aromatic rings. The zero-order chi connectivity index (χ0) is 16.9. The summed E-state index contributed by atoms with van der Waals surface area (Å²) < 4.78 is 40.9. The van der Waals surface area contributed by atoms with Gasteiger partial charge in [-0.15, -0.1) is 5.10 Å². The lowest BCUT2D eigenvalue weighted by Crippen LogP contribution is -2.08. The Balaban J connectivity index is 2.35. The van der Waals surface area contributed by atoms with E-state index in [-0.39, 0.29) is 33.4 Å². The number of aryl methyl sites for hydroxylation is 2. The number of pyridine rings is 2. The van der Waals surface area contributed by atoms with Gasteiger partial charge in [-0.1, -0.05) is 11.6 Å². The van der Waals surface area contributed by atoms with Crippen LogP contribution in [0.2, 0.25) is 5.02 Å². The van der Waals surface area contributed by atoms with Gasteiger partial charge < -0.3 is 5.73 Å². The van der Waals surface area contributed by atoms with Crippen LogP contribution in [0.25, 0.3) is 16.9 Å². The molecule has 0 atom stereocenters. The molecule has 3 rings (SSSR count). The predicted octanol–water partition coefficient (Wildman–Crippen LogP) is 3.69. The first kappa shape index (κ1) is 15.5. The van der Waals surface area contributed by atoms with Crippen molar-refractivity contribution in [3.8, 4) is 5.82 Å². The number of nitrogen functional groups attached to an aromatic ring is 1. The van der Waals surface area contributed by atoms with Crippen molar-refractivity contribution in [2.45, 2.75) is 20.0 Å².